The molecule has 0 spiro atoms. The van der Waals surface area contributed by atoms with E-state index in [1.54, 1.807) is 0 Å². The van der Waals surface area contributed by atoms with Gasteiger partial charge in [-0.3, -0.25) is 4.90 Å². The number of aliphatic hydroxyl groups is 1. The normalized spacial score (nSPS) is 13.2. The highest BCUT2D eigenvalue weighted by Gasteiger charge is 2.09. The van der Waals surface area contributed by atoms with Crippen LogP contribution in [-0.2, 0) is 11.3 Å². The monoisotopic (exact) mass is 251 g/mol. The molecular weight excluding hydrogens is 226 g/mol. The molecule has 0 aliphatic carbocycles. The van der Waals surface area contributed by atoms with Gasteiger partial charge in [0.15, 0.2) is 0 Å². The summed E-state index contributed by atoms with van der Waals surface area (Å²) >= 11 is 0. The lowest BCUT2D eigenvalue weighted by atomic mass is 10.2. The van der Waals surface area contributed by atoms with Crippen LogP contribution in [0.15, 0.2) is 30.3 Å². The maximum Gasteiger partial charge on any atom is 0.0900 e. The maximum absolute atomic E-state index is 9.84. The predicted molar refractivity (Wildman–Crippen MR) is 74.4 cm³/mol. The minimum Gasteiger partial charge on any atom is -0.389 e. The average Bonchev–Trinajstić information content (AvgIpc) is 2.29. The molecule has 0 saturated heterocycles. The summed E-state index contributed by atoms with van der Waals surface area (Å²) < 4.78 is 5.43. The largest absolute Gasteiger partial charge is 0.389 e. The van der Waals surface area contributed by atoms with E-state index in [2.05, 4.69) is 30.9 Å². The Labute approximate surface area is 110 Å². The van der Waals surface area contributed by atoms with E-state index >= 15 is 0 Å². The van der Waals surface area contributed by atoms with Crippen LogP contribution in [0.4, 0.5) is 0 Å². The van der Waals surface area contributed by atoms with E-state index in [1.807, 2.05) is 25.2 Å². The summed E-state index contributed by atoms with van der Waals surface area (Å²) in [5.41, 5.74) is 1.26. The zero-order valence-electron chi connectivity index (χ0n) is 11.7. The lowest BCUT2D eigenvalue weighted by molar-refractivity contribution is 0.0108. The molecule has 0 aromatic heterocycles. The summed E-state index contributed by atoms with van der Waals surface area (Å²) in [5, 5.41) is 9.84. The third kappa shape index (κ3) is 6.74. The Bertz CT molecular complexity index is 314. The number of nitrogens with zero attached hydrogens (tertiary/aromatic N) is 1. The van der Waals surface area contributed by atoms with Crippen molar-refractivity contribution in [1.29, 1.82) is 0 Å². The van der Waals surface area contributed by atoms with Gasteiger partial charge in [-0.1, -0.05) is 44.2 Å². The first-order chi connectivity index (χ1) is 8.58. The number of aliphatic hydroxyl groups excluding tert-OH is 1. The Kier molecular flexibility index (Phi) is 6.94. The first-order valence-corrected chi connectivity index (χ1v) is 6.56. The fraction of sp³-hybridized carbons (Fsp3) is 0.600. The molecule has 18 heavy (non-hydrogen) atoms. The molecule has 1 unspecified atom stereocenters. The van der Waals surface area contributed by atoms with Crippen molar-refractivity contribution in [1.82, 2.24) is 4.90 Å². The fourth-order valence-corrected chi connectivity index (χ4v) is 1.81. The number of benzene rings is 1. The molecule has 1 aromatic carbocycles. The predicted octanol–water partition coefficient (Wildman–Crippen LogP) is 2.15. The highest BCUT2D eigenvalue weighted by atomic mass is 16.5. The van der Waals surface area contributed by atoms with E-state index in [1.165, 1.54) is 5.56 Å². The Hall–Kier alpha value is -0.900. The van der Waals surface area contributed by atoms with Crippen molar-refractivity contribution in [3.05, 3.63) is 35.9 Å². The minimum atomic E-state index is -0.419. The van der Waals surface area contributed by atoms with Crippen LogP contribution in [-0.4, -0.2) is 42.9 Å². The second kappa shape index (κ2) is 8.25. The lowest BCUT2D eigenvalue weighted by Gasteiger charge is -2.21. The summed E-state index contributed by atoms with van der Waals surface area (Å²) in [6, 6.07) is 10.3. The van der Waals surface area contributed by atoms with Crippen molar-refractivity contribution < 1.29 is 9.84 Å². The Balaban J connectivity index is 2.21. The minimum absolute atomic E-state index is 0.414. The molecule has 3 heteroatoms. The fourth-order valence-electron chi connectivity index (χ4n) is 1.81. The summed E-state index contributed by atoms with van der Waals surface area (Å²) in [7, 11) is 2.01. The molecule has 1 N–H and O–H groups in total. The summed E-state index contributed by atoms with van der Waals surface area (Å²) in [4.78, 5) is 2.11. The number of hydrogen-bond acceptors (Lipinski definition) is 3. The molecule has 0 radical (unpaired) electrons. The second-order valence-corrected chi connectivity index (χ2v) is 5.27. The first-order valence-electron chi connectivity index (χ1n) is 6.56. The van der Waals surface area contributed by atoms with Crippen molar-refractivity contribution in [2.45, 2.75) is 26.5 Å². The van der Waals surface area contributed by atoms with Crippen molar-refractivity contribution in [2.75, 3.05) is 26.8 Å². The lowest BCUT2D eigenvalue weighted by Crippen LogP contribution is -2.32. The van der Waals surface area contributed by atoms with Crippen molar-refractivity contribution in [3.8, 4) is 0 Å². The first kappa shape index (κ1) is 15.2. The summed E-state index contributed by atoms with van der Waals surface area (Å²) in [5.74, 6) is 0.513. The van der Waals surface area contributed by atoms with Gasteiger partial charge < -0.3 is 9.84 Å². The molecule has 0 fully saturated rings. The molecule has 0 amide bonds. The Morgan fingerprint density at radius 1 is 1.17 bits per heavy atom. The summed E-state index contributed by atoms with van der Waals surface area (Å²) in [6.45, 7) is 6.81. The molecule has 0 aliphatic rings. The molecule has 1 rings (SSSR count). The van der Waals surface area contributed by atoms with E-state index in [0.29, 0.717) is 25.7 Å². The Morgan fingerprint density at radius 3 is 2.44 bits per heavy atom. The number of likely N-dealkylation sites (N-methyl/N-ethyl adjacent to an activating group) is 1. The third-order valence-electron chi connectivity index (χ3n) is 2.58. The Morgan fingerprint density at radius 2 is 1.83 bits per heavy atom. The van der Waals surface area contributed by atoms with E-state index in [4.69, 9.17) is 4.74 Å². The summed E-state index contributed by atoms with van der Waals surface area (Å²) in [6.07, 6.45) is -0.419. The third-order valence-corrected chi connectivity index (χ3v) is 2.58. The second-order valence-electron chi connectivity index (χ2n) is 5.27. The van der Waals surface area contributed by atoms with Gasteiger partial charge >= 0.3 is 0 Å². The number of hydrogen-bond donors (Lipinski definition) is 1. The van der Waals surface area contributed by atoms with Crippen molar-refractivity contribution in [3.63, 3.8) is 0 Å². The smallest absolute Gasteiger partial charge is 0.0900 e. The van der Waals surface area contributed by atoms with Crippen LogP contribution in [0.1, 0.15) is 19.4 Å². The van der Waals surface area contributed by atoms with Gasteiger partial charge in [0.05, 0.1) is 12.7 Å². The van der Waals surface area contributed by atoms with Crippen LogP contribution in [0, 0.1) is 5.92 Å². The van der Waals surface area contributed by atoms with E-state index in [-0.39, 0.29) is 0 Å². The molecule has 1 atom stereocenters. The van der Waals surface area contributed by atoms with Crippen LogP contribution in [0.25, 0.3) is 0 Å². The van der Waals surface area contributed by atoms with E-state index < -0.39 is 6.10 Å². The average molecular weight is 251 g/mol. The van der Waals surface area contributed by atoms with Crippen LogP contribution < -0.4 is 0 Å². The van der Waals surface area contributed by atoms with E-state index in [9.17, 15) is 5.11 Å². The van der Waals surface area contributed by atoms with Crippen LogP contribution in [0.5, 0.6) is 0 Å². The SMILES string of the molecule is CC(C)COCC(O)CN(C)Cc1ccccc1. The van der Waals surface area contributed by atoms with Crippen molar-refractivity contribution in [2.24, 2.45) is 5.92 Å². The van der Waals surface area contributed by atoms with Gasteiger partial charge in [0, 0.05) is 19.7 Å². The van der Waals surface area contributed by atoms with E-state index in [0.717, 1.165) is 6.54 Å². The highest BCUT2D eigenvalue weighted by Crippen LogP contribution is 2.03. The molecule has 0 saturated carbocycles. The van der Waals surface area contributed by atoms with Gasteiger partial charge in [0.1, 0.15) is 0 Å². The topological polar surface area (TPSA) is 32.7 Å². The highest BCUT2D eigenvalue weighted by molar-refractivity contribution is 5.14. The van der Waals surface area contributed by atoms with Gasteiger partial charge in [0.25, 0.3) is 0 Å². The van der Waals surface area contributed by atoms with Crippen molar-refractivity contribution >= 4 is 0 Å². The van der Waals surface area contributed by atoms with Gasteiger partial charge in [0.2, 0.25) is 0 Å². The zero-order valence-corrected chi connectivity index (χ0v) is 11.7. The molecule has 3 nitrogen and oxygen atoms in total. The standard InChI is InChI=1S/C15H25NO2/c1-13(2)11-18-12-15(17)10-16(3)9-14-7-5-4-6-8-14/h4-8,13,15,17H,9-12H2,1-3H3. The molecular formula is C15H25NO2. The molecule has 0 bridgehead atoms. The van der Waals surface area contributed by atoms with Crippen LogP contribution >= 0.6 is 0 Å². The number of rotatable bonds is 8. The quantitative estimate of drug-likeness (QED) is 0.768. The maximum atomic E-state index is 9.84. The van der Waals surface area contributed by atoms with Crippen LogP contribution in [0.3, 0.4) is 0 Å². The molecule has 1 aromatic rings. The number of ether oxygens (including phenoxy) is 1. The molecule has 0 heterocycles. The van der Waals surface area contributed by atoms with Gasteiger partial charge in [-0.25, -0.2) is 0 Å². The van der Waals surface area contributed by atoms with Gasteiger partial charge in [-0.15, -0.1) is 0 Å². The van der Waals surface area contributed by atoms with Gasteiger partial charge in [-0.2, -0.15) is 0 Å². The molecule has 0 aliphatic heterocycles. The van der Waals surface area contributed by atoms with Gasteiger partial charge in [-0.05, 0) is 18.5 Å². The molecule has 102 valence electrons. The zero-order chi connectivity index (χ0) is 13.4. The van der Waals surface area contributed by atoms with Crippen LogP contribution in [0.2, 0.25) is 0 Å².